The summed E-state index contributed by atoms with van der Waals surface area (Å²) in [6.45, 7) is 1.11. The van der Waals surface area contributed by atoms with Gasteiger partial charge in [0.05, 0.1) is 13.2 Å². The van der Waals surface area contributed by atoms with E-state index in [0.717, 1.165) is 62.0 Å². The van der Waals surface area contributed by atoms with Gasteiger partial charge in [0.15, 0.2) is 0 Å². The normalized spacial score (nSPS) is 10.6. The molecule has 0 heterocycles. The Hall–Kier alpha value is -0.100. The van der Waals surface area contributed by atoms with Crippen molar-refractivity contribution >= 4 is 43.8 Å². The van der Waals surface area contributed by atoms with Crippen LogP contribution in [0.2, 0.25) is 0 Å². The molecule has 6 heteroatoms. The summed E-state index contributed by atoms with van der Waals surface area (Å²) >= 11 is 6.70. The molecule has 0 N–H and O–H groups in total. The van der Waals surface area contributed by atoms with E-state index < -0.39 is 0 Å². The second-order valence-corrected chi connectivity index (χ2v) is 7.79. The smallest absolute Gasteiger partial charge is 0.305 e. The van der Waals surface area contributed by atoms with Crippen LogP contribution in [0.15, 0.2) is 0 Å². The van der Waals surface area contributed by atoms with E-state index in [9.17, 15) is 9.59 Å². The topological polar surface area (TPSA) is 52.6 Å². The molecule has 0 aliphatic carbocycles. The Balaban J connectivity index is 3.18. The Bertz CT molecular complexity index is 295. The third kappa shape index (κ3) is 20.1. The third-order valence-electron chi connectivity index (χ3n) is 3.84. The first-order valence-electron chi connectivity index (χ1n) is 9.64. The van der Waals surface area contributed by atoms with E-state index in [2.05, 4.69) is 31.9 Å². The van der Waals surface area contributed by atoms with Gasteiger partial charge < -0.3 is 9.47 Å². The number of alkyl halides is 2. The maximum atomic E-state index is 11.4. The van der Waals surface area contributed by atoms with E-state index in [0.29, 0.717) is 26.1 Å². The largest absolute Gasteiger partial charge is 0.466 e. The van der Waals surface area contributed by atoms with Gasteiger partial charge in [-0.15, -0.1) is 0 Å². The van der Waals surface area contributed by atoms with E-state index in [1.807, 2.05) is 0 Å². The van der Waals surface area contributed by atoms with Crippen LogP contribution in [0.5, 0.6) is 0 Å². The third-order valence-corrected chi connectivity index (χ3v) is 4.97. The summed E-state index contributed by atoms with van der Waals surface area (Å²) in [5.74, 6) is -0.134. The van der Waals surface area contributed by atoms with Crippen molar-refractivity contribution in [3.8, 4) is 0 Å². The molecule has 0 saturated carbocycles. The summed E-state index contributed by atoms with van der Waals surface area (Å²) in [5.41, 5.74) is 0. The van der Waals surface area contributed by atoms with Crippen LogP contribution >= 0.6 is 31.9 Å². The minimum Gasteiger partial charge on any atom is -0.466 e. The van der Waals surface area contributed by atoms with Crippen molar-refractivity contribution in [2.45, 2.75) is 83.5 Å². The molecule has 0 bridgehead atoms. The Morgan fingerprint density at radius 3 is 1.24 bits per heavy atom. The number of hydrogen-bond acceptors (Lipinski definition) is 4. The molecular formula is C19H34Br2O4. The van der Waals surface area contributed by atoms with E-state index in [1.165, 1.54) is 19.3 Å². The van der Waals surface area contributed by atoms with Gasteiger partial charge >= 0.3 is 11.9 Å². The van der Waals surface area contributed by atoms with Gasteiger partial charge in [0.2, 0.25) is 0 Å². The van der Waals surface area contributed by atoms with Gasteiger partial charge in [0.1, 0.15) is 0 Å². The molecule has 148 valence electrons. The average Bonchev–Trinajstić information content (AvgIpc) is 2.60. The van der Waals surface area contributed by atoms with Crippen LogP contribution in [-0.2, 0) is 19.1 Å². The van der Waals surface area contributed by atoms with Crippen molar-refractivity contribution in [1.29, 1.82) is 0 Å². The quantitative estimate of drug-likeness (QED) is 0.137. The first kappa shape index (κ1) is 24.9. The lowest BCUT2D eigenvalue weighted by atomic mass is 10.1. The monoisotopic (exact) mass is 484 g/mol. The maximum absolute atomic E-state index is 11.4. The molecule has 0 rings (SSSR count). The van der Waals surface area contributed by atoms with Gasteiger partial charge in [0, 0.05) is 23.5 Å². The lowest BCUT2D eigenvalue weighted by Gasteiger charge is -2.06. The lowest BCUT2D eigenvalue weighted by molar-refractivity contribution is -0.144. The Morgan fingerprint density at radius 1 is 0.520 bits per heavy atom. The second-order valence-electron chi connectivity index (χ2n) is 6.21. The molecule has 0 unspecified atom stereocenters. The van der Waals surface area contributed by atoms with Crippen LogP contribution in [-0.4, -0.2) is 35.8 Å². The summed E-state index contributed by atoms with van der Waals surface area (Å²) in [6.07, 6.45) is 12.6. The van der Waals surface area contributed by atoms with Crippen molar-refractivity contribution in [3.05, 3.63) is 0 Å². The van der Waals surface area contributed by atoms with Crippen molar-refractivity contribution in [2.75, 3.05) is 23.9 Å². The fourth-order valence-electron chi connectivity index (χ4n) is 2.33. The standard InChI is InChI=1S/C19H34Br2O4/c20-14-8-6-12-18(22)24-16-10-4-2-1-3-5-11-17-25-19(23)13-7-9-15-21/h1-17H2. The van der Waals surface area contributed by atoms with Crippen LogP contribution in [0.4, 0.5) is 0 Å². The molecule has 0 aromatic heterocycles. The van der Waals surface area contributed by atoms with Crippen LogP contribution < -0.4 is 0 Å². The summed E-state index contributed by atoms with van der Waals surface area (Å²) in [4.78, 5) is 22.8. The summed E-state index contributed by atoms with van der Waals surface area (Å²) in [7, 11) is 0. The molecule has 0 fully saturated rings. The predicted octanol–water partition coefficient (Wildman–Crippen LogP) is 5.93. The molecule has 0 aliphatic heterocycles. The van der Waals surface area contributed by atoms with Crippen LogP contribution in [0, 0.1) is 0 Å². The van der Waals surface area contributed by atoms with E-state index in [-0.39, 0.29) is 11.9 Å². The fraction of sp³-hybridized carbons (Fsp3) is 0.895. The van der Waals surface area contributed by atoms with Gasteiger partial charge in [-0.1, -0.05) is 64.0 Å². The van der Waals surface area contributed by atoms with Gasteiger partial charge in [-0.05, 0) is 38.5 Å². The number of hydrogen-bond donors (Lipinski definition) is 0. The number of ether oxygens (including phenoxy) is 2. The minimum atomic E-state index is -0.0670. The first-order chi connectivity index (χ1) is 12.2. The number of rotatable bonds is 18. The molecule has 0 saturated heterocycles. The SMILES string of the molecule is O=C(CCCCBr)OCCCCCCCCCOC(=O)CCCCBr. The molecule has 0 spiro atoms. The second kappa shape index (κ2) is 20.2. The molecular weight excluding hydrogens is 452 g/mol. The number of unbranched alkanes of at least 4 members (excludes halogenated alkanes) is 8. The Labute approximate surface area is 170 Å². The number of carbonyl (C=O) groups excluding carboxylic acids is 2. The van der Waals surface area contributed by atoms with Crippen molar-refractivity contribution in [3.63, 3.8) is 0 Å². The van der Waals surface area contributed by atoms with Crippen LogP contribution in [0.3, 0.4) is 0 Å². The predicted molar refractivity (Wildman–Crippen MR) is 110 cm³/mol. The molecule has 0 amide bonds. The summed E-state index contributed by atoms with van der Waals surface area (Å²) in [6, 6.07) is 0. The van der Waals surface area contributed by atoms with Crippen molar-refractivity contribution < 1.29 is 19.1 Å². The highest BCUT2D eigenvalue weighted by Gasteiger charge is 2.03. The van der Waals surface area contributed by atoms with E-state index >= 15 is 0 Å². The zero-order chi connectivity index (χ0) is 18.6. The van der Waals surface area contributed by atoms with Crippen LogP contribution in [0.1, 0.15) is 83.5 Å². The molecule has 4 nitrogen and oxygen atoms in total. The Morgan fingerprint density at radius 2 is 0.880 bits per heavy atom. The Kier molecular flexibility index (Phi) is 20.1. The molecule has 0 aromatic carbocycles. The highest BCUT2D eigenvalue weighted by Crippen LogP contribution is 2.08. The molecule has 0 aliphatic rings. The fourth-order valence-corrected chi connectivity index (χ4v) is 3.13. The molecule has 0 radical (unpaired) electrons. The summed E-state index contributed by atoms with van der Waals surface area (Å²) in [5, 5.41) is 1.89. The molecule has 25 heavy (non-hydrogen) atoms. The number of carbonyl (C=O) groups is 2. The van der Waals surface area contributed by atoms with Gasteiger partial charge in [0.25, 0.3) is 0 Å². The zero-order valence-electron chi connectivity index (χ0n) is 15.4. The first-order valence-corrected chi connectivity index (χ1v) is 11.9. The van der Waals surface area contributed by atoms with Crippen molar-refractivity contribution in [2.24, 2.45) is 0 Å². The van der Waals surface area contributed by atoms with Gasteiger partial charge in [-0.3, -0.25) is 9.59 Å². The highest BCUT2D eigenvalue weighted by molar-refractivity contribution is 9.09. The lowest BCUT2D eigenvalue weighted by Crippen LogP contribution is -2.06. The van der Waals surface area contributed by atoms with Crippen molar-refractivity contribution in [1.82, 2.24) is 0 Å². The molecule has 0 atom stereocenters. The number of esters is 2. The van der Waals surface area contributed by atoms with Gasteiger partial charge in [-0.2, -0.15) is 0 Å². The molecule has 0 aromatic rings. The van der Waals surface area contributed by atoms with Crippen LogP contribution in [0.25, 0.3) is 0 Å². The number of halogens is 2. The van der Waals surface area contributed by atoms with Gasteiger partial charge in [-0.25, -0.2) is 0 Å². The van der Waals surface area contributed by atoms with E-state index in [4.69, 9.17) is 9.47 Å². The highest BCUT2D eigenvalue weighted by atomic mass is 79.9. The zero-order valence-corrected chi connectivity index (χ0v) is 18.6. The van der Waals surface area contributed by atoms with E-state index in [1.54, 1.807) is 0 Å². The minimum absolute atomic E-state index is 0.0670. The average molecular weight is 486 g/mol. The maximum Gasteiger partial charge on any atom is 0.305 e. The summed E-state index contributed by atoms with van der Waals surface area (Å²) < 4.78 is 10.4.